The van der Waals surface area contributed by atoms with E-state index in [0.717, 1.165) is 0 Å². The van der Waals surface area contributed by atoms with Gasteiger partial charge in [-0.25, -0.2) is 4.39 Å². The summed E-state index contributed by atoms with van der Waals surface area (Å²) in [6.07, 6.45) is 0.442. The van der Waals surface area contributed by atoms with E-state index in [1.54, 1.807) is 30.3 Å². The van der Waals surface area contributed by atoms with Gasteiger partial charge in [0.05, 0.1) is 10.6 Å². The average molecular weight is 339 g/mol. The first kappa shape index (κ1) is 14.5. The zero-order valence-corrected chi connectivity index (χ0v) is 12.1. The van der Waals surface area contributed by atoms with Crippen LogP contribution in [0, 0.1) is 15.9 Å². The Labute approximate surface area is 123 Å². The summed E-state index contributed by atoms with van der Waals surface area (Å²) in [5.74, 6) is -0.359. The van der Waals surface area contributed by atoms with Crippen LogP contribution in [0.2, 0.25) is 0 Å². The quantitative estimate of drug-likeness (QED) is 0.658. The number of halogens is 2. The minimum atomic E-state index is -0.408. The lowest BCUT2D eigenvalue weighted by atomic mass is 10.1. The summed E-state index contributed by atoms with van der Waals surface area (Å²) in [5, 5.41) is 13.8. The molecule has 0 unspecified atom stereocenters. The third-order valence-corrected chi connectivity index (χ3v) is 3.51. The molecule has 1 N–H and O–H groups in total. The Morgan fingerprint density at radius 3 is 2.65 bits per heavy atom. The maximum absolute atomic E-state index is 13.6. The van der Waals surface area contributed by atoms with E-state index >= 15 is 0 Å². The molecule has 20 heavy (non-hydrogen) atoms. The fourth-order valence-electron chi connectivity index (χ4n) is 1.89. The second kappa shape index (κ2) is 6.47. The number of para-hydroxylation sites is 2. The van der Waals surface area contributed by atoms with Crippen LogP contribution in [0.5, 0.6) is 0 Å². The summed E-state index contributed by atoms with van der Waals surface area (Å²) >= 11 is 3.26. The highest BCUT2D eigenvalue weighted by Gasteiger charge is 2.12. The zero-order chi connectivity index (χ0) is 14.5. The average Bonchev–Trinajstić information content (AvgIpc) is 2.42. The van der Waals surface area contributed by atoms with Gasteiger partial charge in [0.15, 0.2) is 0 Å². The molecule has 0 saturated heterocycles. The van der Waals surface area contributed by atoms with Gasteiger partial charge in [0.1, 0.15) is 5.82 Å². The first-order valence-corrected chi connectivity index (χ1v) is 6.79. The molecule has 0 aromatic heterocycles. The van der Waals surface area contributed by atoms with Crippen LogP contribution in [0.25, 0.3) is 0 Å². The van der Waals surface area contributed by atoms with E-state index in [1.807, 2.05) is 0 Å². The van der Waals surface area contributed by atoms with Crippen LogP contribution in [-0.2, 0) is 6.42 Å². The second-order valence-corrected chi connectivity index (χ2v) is 5.01. The maximum atomic E-state index is 13.6. The molecule has 0 aliphatic rings. The molecule has 0 fully saturated rings. The van der Waals surface area contributed by atoms with Crippen LogP contribution < -0.4 is 5.32 Å². The molecule has 2 aromatic rings. The first-order chi connectivity index (χ1) is 9.59. The van der Waals surface area contributed by atoms with E-state index in [9.17, 15) is 14.5 Å². The van der Waals surface area contributed by atoms with Crippen molar-refractivity contribution in [3.05, 3.63) is 68.4 Å². The summed E-state index contributed by atoms with van der Waals surface area (Å²) in [4.78, 5) is 10.5. The molecule has 0 aliphatic carbocycles. The summed E-state index contributed by atoms with van der Waals surface area (Å²) in [7, 11) is 0. The summed E-state index contributed by atoms with van der Waals surface area (Å²) < 4.78 is 14.2. The van der Waals surface area contributed by atoms with Crippen molar-refractivity contribution in [2.75, 3.05) is 11.9 Å². The van der Waals surface area contributed by atoms with E-state index in [-0.39, 0.29) is 11.5 Å². The van der Waals surface area contributed by atoms with Gasteiger partial charge >= 0.3 is 0 Å². The molecule has 0 saturated carbocycles. The summed E-state index contributed by atoms with van der Waals surface area (Å²) in [5.41, 5.74) is 1.07. The number of nitrogens with one attached hydrogen (secondary N) is 1. The predicted molar refractivity (Wildman–Crippen MR) is 79.4 cm³/mol. The van der Waals surface area contributed by atoms with Crippen LogP contribution >= 0.6 is 15.9 Å². The number of benzene rings is 2. The molecule has 4 nitrogen and oxygen atoms in total. The minimum absolute atomic E-state index is 0.0851. The Balaban J connectivity index is 2.05. The van der Waals surface area contributed by atoms with E-state index in [0.29, 0.717) is 28.7 Å². The SMILES string of the molecule is O=[N+]([O-])c1ccccc1CCNc1c(F)cccc1Br. The molecule has 0 atom stereocenters. The predicted octanol–water partition coefficient (Wildman–Crippen LogP) is 4.15. The van der Waals surface area contributed by atoms with Gasteiger partial charge in [-0.05, 0) is 34.5 Å². The number of hydrogen-bond acceptors (Lipinski definition) is 3. The lowest BCUT2D eigenvalue weighted by Crippen LogP contribution is -2.08. The Bertz CT molecular complexity index is 614. The second-order valence-electron chi connectivity index (χ2n) is 4.16. The molecule has 104 valence electrons. The molecule has 0 bridgehead atoms. The molecule has 0 aliphatic heterocycles. The highest BCUT2D eigenvalue weighted by Crippen LogP contribution is 2.25. The van der Waals surface area contributed by atoms with Crippen molar-refractivity contribution in [1.82, 2.24) is 0 Å². The number of rotatable bonds is 5. The Hall–Kier alpha value is -1.95. The van der Waals surface area contributed by atoms with Crippen LogP contribution in [-0.4, -0.2) is 11.5 Å². The molecule has 0 heterocycles. The Kier molecular flexibility index (Phi) is 4.68. The number of nitro groups is 1. The summed E-state index contributed by atoms with van der Waals surface area (Å²) in [6, 6.07) is 11.2. The van der Waals surface area contributed by atoms with Gasteiger partial charge < -0.3 is 5.32 Å². The van der Waals surface area contributed by atoms with E-state index in [4.69, 9.17) is 0 Å². The molecule has 2 rings (SSSR count). The monoisotopic (exact) mass is 338 g/mol. The van der Waals surface area contributed by atoms with Gasteiger partial charge in [-0.3, -0.25) is 10.1 Å². The van der Waals surface area contributed by atoms with Gasteiger partial charge in [0, 0.05) is 22.6 Å². The Morgan fingerprint density at radius 1 is 1.20 bits per heavy atom. The summed E-state index contributed by atoms with van der Waals surface area (Å²) in [6.45, 7) is 0.407. The van der Waals surface area contributed by atoms with Crippen LogP contribution in [0.1, 0.15) is 5.56 Å². The standard InChI is InChI=1S/C14H12BrFN2O2/c15-11-5-3-6-12(16)14(11)17-9-8-10-4-1-2-7-13(10)18(19)20/h1-7,17H,8-9H2. The third-order valence-electron chi connectivity index (χ3n) is 2.85. The maximum Gasteiger partial charge on any atom is 0.272 e. The van der Waals surface area contributed by atoms with Gasteiger partial charge in [-0.15, -0.1) is 0 Å². The van der Waals surface area contributed by atoms with Crippen molar-refractivity contribution >= 4 is 27.3 Å². The largest absolute Gasteiger partial charge is 0.381 e. The van der Waals surface area contributed by atoms with Crippen molar-refractivity contribution in [2.24, 2.45) is 0 Å². The highest BCUT2D eigenvalue weighted by atomic mass is 79.9. The lowest BCUT2D eigenvalue weighted by Gasteiger charge is -2.09. The van der Waals surface area contributed by atoms with E-state index in [2.05, 4.69) is 21.2 Å². The van der Waals surface area contributed by atoms with Crippen molar-refractivity contribution < 1.29 is 9.31 Å². The molecular weight excluding hydrogens is 327 g/mol. The van der Waals surface area contributed by atoms with Crippen LogP contribution in [0.4, 0.5) is 15.8 Å². The smallest absolute Gasteiger partial charge is 0.272 e. The van der Waals surface area contributed by atoms with Gasteiger partial charge in [0.2, 0.25) is 0 Å². The van der Waals surface area contributed by atoms with Crippen molar-refractivity contribution in [3.8, 4) is 0 Å². The number of anilines is 1. The molecule has 2 aromatic carbocycles. The molecule has 6 heteroatoms. The number of nitro benzene ring substituents is 1. The molecule has 0 spiro atoms. The van der Waals surface area contributed by atoms with Gasteiger partial charge in [-0.1, -0.05) is 24.3 Å². The van der Waals surface area contributed by atoms with Crippen molar-refractivity contribution in [1.29, 1.82) is 0 Å². The van der Waals surface area contributed by atoms with Crippen LogP contribution in [0.3, 0.4) is 0 Å². The van der Waals surface area contributed by atoms with Crippen LogP contribution in [0.15, 0.2) is 46.9 Å². The van der Waals surface area contributed by atoms with Crippen molar-refractivity contribution in [2.45, 2.75) is 6.42 Å². The molecule has 0 radical (unpaired) electrons. The number of nitrogens with zero attached hydrogens (tertiary/aromatic N) is 1. The fourth-order valence-corrected chi connectivity index (χ4v) is 2.37. The number of hydrogen-bond donors (Lipinski definition) is 1. The van der Waals surface area contributed by atoms with E-state index < -0.39 is 4.92 Å². The first-order valence-electron chi connectivity index (χ1n) is 6.00. The van der Waals surface area contributed by atoms with Crippen molar-refractivity contribution in [3.63, 3.8) is 0 Å². The minimum Gasteiger partial charge on any atom is -0.381 e. The van der Waals surface area contributed by atoms with E-state index in [1.165, 1.54) is 12.1 Å². The normalized spacial score (nSPS) is 10.3. The zero-order valence-electron chi connectivity index (χ0n) is 10.5. The highest BCUT2D eigenvalue weighted by molar-refractivity contribution is 9.10. The van der Waals surface area contributed by atoms with Gasteiger partial charge in [-0.2, -0.15) is 0 Å². The Morgan fingerprint density at radius 2 is 1.95 bits per heavy atom. The van der Waals surface area contributed by atoms with Gasteiger partial charge in [0.25, 0.3) is 5.69 Å². The molecule has 0 amide bonds. The topological polar surface area (TPSA) is 55.2 Å². The lowest BCUT2D eigenvalue weighted by molar-refractivity contribution is -0.385. The fraction of sp³-hybridized carbons (Fsp3) is 0.143. The third kappa shape index (κ3) is 3.33. The molecular formula is C14H12BrFN2O2.